The fourth-order valence-corrected chi connectivity index (χ4v) is 2.75. The molecule has 0 saturated heterocycles. The van der Waals surface area contributed by atoms with Crippen LogP contribution in [0.25, 0.3) is 0 Å². The molecule has 1 atom stereocenters. The molecule has 90 valence electrons. The van der Waals surface area contributed by atoms with Crippen LogP contribution in [-0.4, -0.2) is 18.8 Å². The Morgan fingerprint density at radius 2 is 1.87 bits per heavy atom. The molecule has 0 spiro atoms. The molecular weight excluding hydrogens is 186 g/mol. The van der Waals surface area contributed by atoms with E-state index in [4.69, 9.17) is 10.5 Å². The number of hydrogen-bond donors (Lipinski definition) is 1. The van der Waals surface area contributed by atoms with E-state index in [0.717, 1.165) is 19.3 Å². The molecule has 15 heavy (non-hydrogen) atoms. The van der Waals surface area contributed by atoms with E-state index < -0.39 is 0 Å². The maximum Gasteiger partial charge on any atom is 0.0828 e. The predicted molar refractivity (Wildman–Crippen MR) is 64.9 cm³/mol. The minimum atomic E-state index is 0.00594. The molecule has 2 heteroatoms. The number of methoxy groups -OCH3 is 1. The summed E-state index contributed by atoms with van der Waals surface area (Å²) in [5, 5.41) is 0. The Bertz CT molecular complexity index is 164. The van der Waals surface area contributed by atoms with Crippen molar-refractivity contribution in [1.29, 1.82) is 0 Å². The highest BCUT2D eigenvalue weighted by atomic mass is 16.5. The van der Waals surface area contributed by atoms with Gasteiger partial charge in [0.05, 0.1) is 5.60 Å². The van der Waals surface area contributed by atoms with Gasteiger partial charge in [0.1, 0.15) is 0 Å². The smallest absolute Gasteiger partial charge is 0.0828 e. The minimum Gasteiger partial charge on any atom is -0.377 e. The van der Waals surface area contributed by atoms with E-state index in [1.807, 2.05) is 7.11 Å². The Morgan fingerprint density at radius 1 is 1.20 bits per heavy atom. The van der Waals surface area contributed by atoms with Gasteiger partial charge in [-0.05, 0) is 19.3 Å². The van der Waals surface area contributed by atoms with Gasteiger partial charge in [-0.15, -0.1) is 0 Å². The fourth-order valence-electron chi connectivity index (χ4n) is 2.75. The van der Waals surface area contributed by atoms with Crippen LogP contribution in [0.3, 0.4) is 0 Å². The van der Waals surface area contributed by atoms with Crippen molar-refractivity contribution in [3.8, 4) is 0 Å². The average Bonchev–Trinajstić information content (AvgIpc) is 2.30. The number of ether oxygens (including phenoxy) is 1. The summed E-state index contributed by atoms with van der Waals surface area (Å²) in [6.07, 6.45) is 11.2. The number of nitrogens with two attached hydrogens (primary N) is 1. The first-order valence-corrected chi connectivity index (χ1v) is 6.56. The zero-order valence-electron chi connectivity index (χ0n) is 10.4. The highest BCUT2D eigenvalue weighted by Gasteiger charge is 2.37. The van der Waals surface area contributed by atoms with Gasteiger partial charge in [-0.2, -0.15) is 0 Å². The van der Waals surface area contributed by atoms with Crippen molar-refractivity contribution in [3.05, 3.63) is 0 Å². The minimum absolute atomic E-state index is 0.00594. The van der Waals surface area contributed by atoms with E-state index in [-0.39, 0.29) is 11.6 Å². The molecule has 0 aromatic rings. The summed E-state index contributed by atoms with van der Waals surface area (Å²) in [5.41, 5.74) is 6.32. The summed E-state index contributed by atoms with van der Waals surface area (Å²) in [5.74, 6) is 0. The van der Waals surface area contributed by atoms with Crippen LogP contribution in [0.5, 0.6) is 0 Å². The topological polar surface area (TPSA) is 35.2 Å². The third-order valence-electron chi connectivity index (χ3n) is 3.90. The van der Waals surface area contributed by atoms with Crippen LogP contribution in [-0.2, 0) is 4.74 Å². The molecule has 2 N–H and O–H groups in total. The molecule has 0 bridgehead atoms. The summed E-state index contributed by atoms with van der Waals surface area (Å²) in [6.45, 7) is 2.23. The number of unbranched alkanes of at least 4 members (excludes halogenated alkanes) is 2. The Morgan fingerprint density at radius 3 is 2.40 bits per heavy atom. The lowest BCUT2D eigenvalue weighted by atomic mass is 9.78. The van der Waals surface area contributed by atoms with Gasteiger partial charge < -0.3 is 10.5 Å². The molecule has 0 amide bonds. The Kier molecular flexibility index (Phi) is 5.62. The lowest BCUT2D eigenvalue weighted by molar-refractivity contribution is -0.0605. The van der Waals surface area contributed by atoms with Crippen molar-refractivity contribution in [2.24, 2.45) is 5.73 Å². The van der Waals surface area contributed by atoms with E-state index in [1.54, 1.807) is 0 Å². The predicted octanol–water partition coefficient (Wildman–Crippen LogP) is 3.24. The maximum absolute atomic E-state index is 6.31. The lowest BCUT2D eigenvalue weighted by Gasteiger charge is -2.41. The van der Waals surface area contributed by atoms with Crippen molar-refractivity contribution < 1.29 is 4.74 Å². The highest BCUT2D eigenvalue weighted by molar-refractivity contribution is 4.93. The summed E-state index contributed by atoms with van der Waals surface area (Å²) in [4.78, 5) is 0. The largest absolute Gasteiger partial charge is 0.377 e. The summed E-state index contributed by atoms with van der Waals surface area (Å²) >= 11 is 0. The summed E-state index contributed by atoms with van der Waals surface area (Å²) in [7, 11) is 1.84. The lowest BCUT2D eigenvalue weighted by Crippen LogP contribution is -2.50. The third-order valence-corrected chi connectivity index (χ3v) is 3.90. The quantitative estimate of drug-likeness (QED) is 0.687. The van der Waals surface area contributed by atoms with Crippen LogP contribution in [0.4, 0.5) is 0 Å². The molecule has 0 aromatic carbocycles. The van der Waals surface area contributed by atoms with Gasteiger partial charge in [0.2, 0.25) is 0 Å². The van der Waals surface area contributed by atoms with Crippen molar-refractivity contribution >= 4 is 0 Å². The van der Waals surface area contributed by atoms with Crippen LogP contribution < -0.4 is 5.73 Å². The van der Waals surface area contributed by atoms with Crippen molar-refractivity contribution in [2.75, 3.05) is 7.11 Å². The molecule has 1 unspecified atom stereocenters. The second kappa shape index (κ2) is 6.49. The summed E-state index contributed by atoms with van der Waals surface area (Å²) in [6, 6.07) is 0.245. The SMILES string of the molecule is CCCCCC(N)C1(OC)CCCCC1. The molecule has 0 radical (unpaired) electrons. The number of rotatable bonds is 6. The molecular formula is C13H27NO. The zero-order valence-corrected chi connectivity index (χ0v) is 10.4. The molecule has 1 rings (SSSR count). The Hall–Kier alpha value is -0.0800. The second-order valence-electron chi connectivity index (χ2n) is 4.93. The molecule has 1 aliphatic carbocycles. The molecule has 0 aliphatic heterocycles. The van der Waals surface area contributed by atoms with E-state index in [1.165, 1.54) is 38.5 Å². The molecule has 1 saturated carbocycles. The van der Waals surface area contributed by atoms with Crippen molar-refractivity contribution in [2.45, 2.75) is 76.4 Å². The molecule has 0 heterocycles. The van der Waals surface area contributed by atoms with Crippen LogP contribution in [0.1, 0.15) is 64.7 Å². The summed E-state index contributed by atoms with van der Waals surface area (Å²) < 4.78 is 5.75. The monoisotopic (exact) mass is 213 g/mol. The zero-order chi connectivity index (χ0) is 11.1. The first-order valence-electron chi connectivity index (χ1n) is 6.56. The molecule has 1 aliphatic rings. The van der Waals surface area contributed by atoms with Gasteiger partial charge in [0.25, 0.3) is 0 Å². The van der Waals surface area contributed by atoms with Gasteiger partial charge in [-0.3, -0.25) is 0 Å². The van der Waals surface area contributed by atoms with Crippen LogP contribution in [0.2, 0.25) is 0 Å². The van der Waals surface area contributed by atoms with Crippen LogP contribution >= 0.6 is 0 Å². The standard InChI is InChI=1S/C13H27NO/c1-3-4-6-9-12(14)13(15-2)10-7-5-8-11-13/h12H,3-11,14H2,1-2H3. The van der Waals surface area contributed by atoms with Crippen LogP contribution in [0, 0.1) is 0 Å². The van der Waals surface area contributed by atoms with Gasteiger partial charge in [-0.1, -0.05) is 45.4 Å². The average molecular weight is 213 g/mol. The third kappa shape index (κ3) is 3.46. The van der Waals surface area contributed by atoms with Gasteiger partial charge >= 0.3 is 0 Å². The first kappa shape index (κ1) is 13.0. The van der Waals surface area contributed by atoms with E-state index in [0.29, 0.717) is 0 Å². The van der Waals surface area contributed by atoms with Gasteiger partial charge in [0.15, 0.2) is 0 Å². The van der Waals surface area contributed by atoms with E-state index >= 15 is 0 Å². The molecule has 2 nitrogen and oxygen atoms in total. The second-order valence-corrected chi connectivity index (χ2v) is 4.93. The van der Waals surface area contributed by atoms with Crippen molar-refractivity contribution in [1.82, 2.24) is 0 Å². The Balaban J connectivity index is 2.40. The first-order chi connectivity index (χ1) is 7.25. The molecule has 1 fully saturated rings. The highest BCUT2D eigenvalue weighted by Crippen LogP contribution is 2.34. The van der Waals surface area contributed by atoms with E-state index in [9.17, 15) is 0 Å². The van der Waals surface area contributed by atoms with E-state index in [2.05, 4.69) is 6.92 Å². The fraction of sp³-hybridized carbons (Fsp3) is 1.00. The number of hydrogen-bond acceptors (Lipinski definition) is 2. The normalized spacial score (nSPS) is 22.6. The Labute approximate surface area is 94.6 Å². The van der Waals surface area contributed by atoms with Crippen molar-refractivity contribution in [3.63, 3.8) is 0 Å². The maximum atomic E-state index is 6.31. The van der Waals surface area contributed by atoms with Gasteiger partial charge in [0, 0.05) is 13.2 Å². The molecule has 0 aromatic heterocycles. The van der Waals surface area contributed by atoms with Gasteiger partial charge in [-0.25, -0.2) is 0 Å². The van der Waals surface area contributed by atoms with Crippen LogP contribution in [0.15, 0.2) is 0 Å².